The minimum Gasteiger partial charge on any atom is -0.368 e. The van der Waals surface area contributed by atoms with E-state index >= 15 is 0 Å². The summed E-state index contributed by atoms with van der Waals surface area (Å²) in [7, 11) is 1.42. The second kappa shape index (κ2) is 8.78. The van der Waals surface area contributed by atoms with Crippen LogP contribution in [0.2, 0.25) is 0 Å². The van der Waals surface area contributed by atoms with Gasteiger partial charge in [-0.15, -0.1) is 0 Å². The smallest absolute Gasteiger partial charge is 0.234 e. The number of ketones is 1. The van der Waals surface area contributed by atoms with Gasteiger partial charge in [-0.1, -0.05) is 36.4 Å². The van der Waals surface area contributed by atoms with E-state index in [0.717, 1.165) is 10.6 Å². The van der Waals surface area contributed by atoms with Crippen molar-refractivity contribution in [1.82, 2.24) is 10.4 Å². The third kappa shape index (κ3) is 5.29. The maximum Gasteiger partial charge on any atom is 0.234 e. The molecule has 0 spiro atoms. The Kier molecular flexibility index (Phi) is 7.00. The van der Waals surface area contributed by atoms with Gasteiger partial charge in [0.25, 0.3) is 0 Å². The molecule has 0 saturated heterocycles. The number of benzene rings is 1. The molecular weight excluding hydrogens is 272 g/mol. The van der Waals surface area contributed by atoms with Crippen molar-refractivity contribution >= 4 is 24.1 Å². The Labute approximate surface area is 123 Å². The highest BCUT2D eigenvalue weighted by Gasteiger charge is 2.26. The molecule has 1 amide bonds. The van der Waals surface area contributed by atoms with E-state index in [1.807, 2.05) is 30.3 Å². The highest BCUT2D eigenvalue weighted by Crippen LogP contribution is 2.04. The molecule has 0 bridgehead atoms. The predicted molar refractivity (Wildman–Crippen MR) is 77.5 cm³/mol. The van der Waals surface area contributed by atoms with Gasteiger partial charge < -0.3 is 4.74 Å². The van der Waals surface area contributed by atoms with E-state index in [9.17, 15) is 14.4 Å². The van der Waals surface area contributed by atoms with Gasteiger partial charge in [0, 0.05) is 14.0 Å². The molecule has 0 aliphatic carbocycles. The van der Waals surface area contributed by atoms with Crippen LogP contribution in [0.4, 0.5) is 0 Å². The molecule has 111 valence electrons. The predicted octanol–water partition coefficient (Wildman–Crippen LogP) is 0.704. The molecular formula is C15H17N2O4. The number of hydrogen-bond donors (Lipinski definition) is 1. The molecule has 1 radical (unpaired) electrons. The molecule has 1 aromatic rings. The highest BCUT2D eigenvalue weighted by molar-refractivity contribution is 6.08. The number of hydrogen-bond acceptors (Lipinski definition) is 5. The minimum atomic E-state index is -1.35. The van der Waals surface area contributed by atoms with Crippen LogP contribution in [0.15, 0.2) is 36.4 Å². The van der Waals surface area contributed by atoms with Gasteiger partial charge in [0.05, 0.1) is 0 Å². The summed E-state index contributed by atoms with van der Waals surface area (Å²) >= 11 is 0. The summed E-state index contributed by atoms with van der Waals surface area (Å²) in [6.45, 7) is 1.23. The Morgan fingerprint density at radius 1 is 1.38 bits per heavy atom. The number of carbonyl (C=O) groups is 2. The van der Waals surface area contributed by atoms with E-state index < -0.39 is 17.7 Å². The molecule has 0 aliphatic heterocycles. The first-order valence-corrected chi connectivity index (χ1v) is 6.27. The van der Waals surface area contributed by atoms with Crippen LogP contribution in [0.3, 0.4) is 0 Å². The van der Waals surface area contributed by atoms with E-state index in [1.54, 1.807) is 12.4 Å². The molecule has 0 heterocycles. The van der Waals surface area contributed by atoms with Gasteiger partial charge in [-0.05, 0) is 11.6 Å². The van der Waals surface area contributed by atoms with Crippen molar-refractivity contribution in [3.63, 3.8) is 0 Å². The van der Waals surface area contributed by atoms with Crippen molar-refractivity contribution in [3.8, 4) is 0 Å². The maximum atomic E-state index is 12.0. The van der Waals surface area contributed by atoms with Crippen molar-refractivity contribution in [1.29, 1.82) is 0 Å². The highest BCUT2D eigenvalue weighted by atomic mass is 16.5. The fraction of sp³-hybridized carbons (Fsp3) is 0.267. The van der Waals surface area contributed by atoms with Crippen LogP contribution >= 0.6 is 0 Å². The van der Waals surface area contributed by atoms with Crippen molar-refractivity contribution in [2.45, 2.75) is 13.0 Å². The van der Waals surface area contributed by atoms with Crippen LogP contribution in [0, 0.1) is 0 Å². The fourth-order valence-electron chi connectivity index (χ4n) is 1.59. The second-order valence-electron chi connectivity index (χ2n) is 4.15. The summed E-state index contributed by atoms with van der Waals surface area (Å²) in [6, 6.07) is 7.79. The average molecular weight is 289 g/mol. The number of rotatable bonds is 8. The molecule has 0 fully saturated rings. The van der Waals surface area contributed by atoms with E-state index in [1.165, 1.54) is 20.1 Å². The van der Waals surface area contributed by atoms with E-state index in [-0.39, 0.29) is 6.73 Å². The van der Waals surface area contributed by atoms with Crippen LogP contribution in [0.1, 0.15) is 12.5 Å². The fourth-order valence-corrected chi connectivity index (χ4v) is 1.59. The van der Waals surface area contributed by atoms with Crippen LogP contribution in [-0.4, -0.2) is 42.9 Å². The first kappa shape index (κ1) is 16.7. The van der Waals surface area contributed by atoms with Gasteiger partial charge in [0.15, 0.2) is 11.8 Å². The lowest BCUT2D eigenvalue weighted by Gasteiger charge is -2.24. The number of nitrogens with zero attached hydrogens (tertiary/aromatic N) is 1. The molecule has 1 rings (SSSR count). The molecule has 1 atom stereocenters. The SMILES string of the molecule is COCNN(C(C)=O)C([C]=O)C(=O)C=Cc1ccccc1. The van der Waals surface area contributed by atoms with Gasteiger partial charge in [-0.2, -0.15) is 0 Å². The lowest BCUT2D eigenvalue weighted by molar-refractivity contribution is -0.139. The molecule has 1 unspecified atom stereocenters. The zero-order valence-electron chi connectivity index (χ0n) is 11.9. The molecule has 1 aromatic carbocycles. The van der Waals surface area contributed by atoms with E-state index in [4.69, 9.17) is 4.74 Å². The van der Waals surface area contributed by atoms with Crippen LogP contribution in [0.5, 0.6) is 0 Å². The zero-order chi connectivity index (χ0) is 15.7. The molecule has 0 saturated carbocycles. The van der Waals surface area contributed by atoms with E-state index in [0.29, 0.717) is 0 Å². The first-order valence-electron chi connectivity index (χ1n) is 6.27. The number of hydrazine groups is 1. The molecule has 21 heavy (non-hydrogen) atoms. The largest absolute Gasteiger partial charge is 0.368 e. The summed E-state index contributed by atoms with van der Waals surface area (Å²) in [4.78, 5) is 34.5. The summed E-state index contributed by atoms with van der Waals surface area (Å²) in [5, 5.41) is 0.897. The number of carbonyl (C=O) groups excluding carboxylic acids is 3. The van der Waals surface area contributed by atoms with Gasteiger partial charge >= 0.3 is 0 Å². The third-order valence-electron chi connectivity index (χ3n) is 2.60. The maximum absolute atomic E-state index is 12.0. The third-order valence-corrected chi connectivity index (χ3v) is 2.60. The van der Waals surface area contributed by atoms with Crippen LogP contribution in [-0.2, 0) is 19.1 Å². The molecule has 0 aromatic heterocycles. The summed E-state index contributed by atoms with van der Waals surface area (Å²) in [5.41, 5.74) is 3.36. The van der Waals surface area contributed by atoms with E-state index in [2.05, 4.69) is 5.43 Å². The summed E-state index contributed by atoms with van der Waals surface area (Å²) in [5.74, 6) is -1.03. The molecule has 0 aliphatic rings. The Hall–Kier alpha value is -2.31. The Morgan fingerprint density at radius 2 is 2.05 bits per heavy atom. The molecule has 6 nitrogen and oxygen atoms in total. The minimum absolute atomic E-state index is 0.00651. The number of amides is 1. The lowest BCUT2D eigenvalue weighted by Crippen LogP contribution is -2.53. The standard InChI is InChI=1S/C15H17N2O4/c1-12(19)17(16-11-21-2)14(10-18)15(20)9-8-13-6-4-3-5-7-13/h3-9,14,16H,11H2,1-2H3. The quantitative estimate of drug-likeness (QED) is 0.330. The topological polar surface area (TPSA) is 75.7 Å². The Bertz CT molecular complexity index is 514. The van der Waals surface area contributed by atoms with Crippen molar-refractivity contribution in [2.24, 2.45) is 0 Å². The summed E-state index contributed by atoms with van der Waals surface area (Å²) in [6.07, 6.45) is 4.38. The lowest BCUT2D eigenvalue weighted by atomic mass is 10.1. The second-order valence-corrected chi connectivity index (χ2v) is 4.15. The molecule has 1 N–H and O–H groups in total. The molecule has 6 heteroatoms. The Balaban J connectivity index is 2.81. The number of nitrogens with one attached hydrogen (secondary N) is 1. The Morgan fingerprint density at radius 3 is 2.57 bits per heavy atom. The van der Waals surface area contributed by atoms with Crippen molar-refractivity contribution in [3.05, 3.63) is 42.0 Å². The van der Waals surface area contributed by atoms with Crippen LogP contribution < -0.4 is 5.43 Å². The van der Waals surface area contributed by atoms with Gasteiger partial charge in [-0.3, -0.25) is 19.4 Å². The van der Waals surface area contributed by atoms with Gasteiger partial charge in [0.1, 0.15) is 6.73 Å². The number of methoxy groups -OCH3 is 1. The monoisotopic (exact) mass is 289 g/mol. The zero-order valence-corrected chi connectivity index (χ0v) is 11.9. The number of ether oxygens (including phenoxy) is 1. The average Bonchev–Trinajstić information content (AvgIpc) is 2.49. The van der Waals surface area contributed by atoms with Gasteiger partial charge in [-0.25, -0.2) is 5.43 Å². The van der Waals surface area contributed by atoms with Crippen molar-refractivity contribution < 1.29 is 19.1 Å². The van der Waals surface area contributed by atoms with Crippen LogP contribution in [0.25, 0.3) is 6.08 Å². The first-order chi connectivity index (χ1) is 10.1. The van der Waals surface area contributed by atoms with Crippen molar-refractivity contribution in [2.75, 3.05) is 13.8 Å². The van der Waals surface area contributed by atoms with Gasteiger partial charge in [0.2, 0.25) is 12.2 Å². The summed E-state index contributed by atoms with van der Waals surface area (Å²) < 4.78 is 4.76. The normalized spacial score (nSPS) is 12.1.